The van der Waals surface area contributed by atoms with E-state index < -0.39 is 30.5 Å². The van der Waals surface area contributed by atoms with Crippen LogP contribution in [0.2, 0.25) is 0 Å². The molecule has 1 saturated heterocycles. The zero-order chi connectivity index (χ0) is 18.1. The maximum atomic E-state index is 13.2. The van der Waals surface area contributed by atoms with Crippen molar-refractivity contribution in [2.24, 2.45) is 4.99 Å². The Kier molecular flexibility index (Phi) is 5.65. The van der Waals surface area contributed by atoms with Gasteiger partial charge in [-0.05, 0) is 24.6 Å². The average molecular weight is 370 g/mol. The molecule has 6 atom stereocenters. The molecule has 0 aliphatic carbocycles. The Labute approximate surface area is 150 Å². The summed E-state index contributed by atoms with van der Waals surface area (Å²) in [5, 5.41) is 21.6. The van der Waals surface area contributed by atoms with Crippen molar-refractivity contribution < 1.29 is 24.1 Å². The lowest BCUT2D eigenvalue weighted by Crippen LogP contribution is -2.58. The van der Waals surface area contributed by atoms with Gasteiger partial charge < -0.3 is 24.6 Å². The summed E-state index contributed by atoms with van der Waals surface area (Å²) in [7, 11) is 3.74. The predicted molar refractivity (Wildman–Crippen MR) is 93.8 cm³/mol. The smallest absolute Gasteiger partial charge is 0.161 e. The number of hydrogen-bond donors (Lipinski definition) is 2. The van der Waals surface area contributed by atoms with Crippen LogP contribution in [0.4, 0.5) is 4.39 Å². The first-order chi connectivity index (χ1) is 11.9. The molecule has 1 fully saturated rings. The van der Waals surface area contributed by atoms with E-state index in [4.69, 9.17) is 9.47 Å². The highest BCUT2D eigenvalue weighted by Gasteiger charge is 2.50. The van der Waals surface area contributed by atoms with Crippen molar-refractivity contribution in [3.63, 3.8) is 0 Å². The van der Waals surface area contributed by atoms with Crippen molar-refractivity contribution in [1.82, 2.24) is 4.90 Å². The summed E-state index contributed by atoms with van der Waals surface area (Å²) in [5.74, 6) is -0.323. The van der Waals surface area contributed by atoms with Crippen molar-refractivity contribution in [2.75, 3.05) is 14.1 Å². The van der Waals surface area contributed by atoms with Gasteiger partial charge in [0.25, 0.3) is 0 Å². The Morgan fingerprint density at radius 2 is 2.12 bits per heavy atom. The standard InChI is InChI=1S/C17H23FN2O4S/c1-9(23-8-10-5-4-6-11(18)7-10)15-14(22)13(21)12-16(24-15)25-17(19-12)20(2)3/h4-7,9,12-16,21-22H,8H2,1-3H3/t9-,12-,13-,14+,15-,16-/m1/s1. The van der Waals surface area contributed by atoms with Crippen LogP contribution in [-0.2, 0) is 16.1 Å². The van der Waals surface area contributed by atoms with Gasteiger partial charge in [0.05, 0.1) is 12.7 Å². The molecule has 1 aromatic rings. The lowest BCUT2D eigenvalue weighted by Gasteiger charge is -2.40. The Bertz CT molecular complexity index is 645. The van der Waals surface area contributed by atoms with Gasteiger partial charge in [0.1, 0.15) is 35.6 Å². The van der Waals surface area contributed by atoms with E-state index in [1.165, 1.54) is 23.9 Å². The van der Waals surface area contributed by atoms with Gasteiger partial charge in [0.2, 0.25) is 0 Å². The fraction of sp³-hybridized carbons (Fsp3) is 0.588. The summed E-state index contributed by atoms with van der Waals surface area (Å²) in [6.45, 7) is 1.97. The number of aliphatic hydroxyl groups is 2. The topological polar surface area (TPSA) is 74.5 Å². The van der Waals surface area contributed by atoms with Crippen LogP contribution < -0.4 is 0 Å². The second-order valence-corrected chi connectivity index (χ2v) is 7.58. The molecule has 25 heavy (non-hydrogen) atoms. The number of nitrogens with zero attached hydrogens (tertiary/aromatic N) is 2. The van der Waals surface area contributed by atoms with E-state index in [1.54, 1.807) is 19.1 Å². The van der Waals surface area contributed by atoms with Gasteiger partial charge in [0, 0.05) is 14.1 Å². The molecule has 6 nitrogen and oxygen atoms in total. The quantitative estimate of drug-likeness (QED) is 0.830. The first kappa shape index (κ1) is 18.6. The summed E-state index contributed by atoms with van der Waals surface area (Å²) in [6.07, 6.45) is -3.28. The number of amidine groups is 1. The van der Waals surface area contributed by atoms with Gasteiger partial charge in [-0.2, -0.15) is 0 Å². The van der Waals surface area contributed by atoms with Crippen molar-refractivity contribution in [3.05, 3.63) is 35.6 Å². The molecule has 3 rings (SSSR count). The molecule has 0 spiro atoms. The third kappa shape index (κ3) is 3.98. The Balaban J connectivity index is 1.63. The highest BCUT2D eigenvalue weighted by Crippen LogP contribution is 2.38. The van der Waals surface area contributed by atoms with E-state index >= 15 is 0 Å². The molecule has 0 saturated carbocycles. The Morgan fingerprint density at radius 1 is 1.36 bits per heavy atom. The third-order valence-electron chi connectivity index (χ3n) is 4.33. The zero-order valence-electron chi connectivity index (χ0n) is 14.4. The second-order valence-electron chi connectivity index (χ2n) is 6.51. The van der Waals surface area contributed by atoms with Crippen LogP contribution in [0.1, 0.15) is 12.5 Å². The predicted octanol–water partition coefficient (Wildman–Crippen LogP) is 1.21. The van der Waals surface area contributed by atoms with E-state index in [0.29, 0.717) is 5.56 Å². The number of benzene rings is 1. The lowest BCUT2D eigenvalue weighted by molar-refractivity contribution is -0.193. The van der Waals surface area contributed by atoms with E-state index in [-0.39, 0.29) is 17.9 Å². The molecule has 2 N–H and O–H groups in total. The SMILES string of the molecule is C[C@@H](OCc1cccc(F)c1)[C@H]1O[C@@H]2SC(N(C)C)=N[C@@H]2[C@@H](O)[C@@H]1O. The number of hydrogen-bond acceptors (Lipinski definition) is 7. The van der Waals surface area contributed by atoms with Crippen LogP contribution in [-0.4, -0.2) is 70.3 Å². The molecular weight excluding hydrogens is 347 g/mol. The maximum absolute atomic E-state index is 13.2. The van der Waals surface area contributed by atoms with Gasteiger partial charge in [-0.15, -0.1) is 0 Å². The van der Waals surface area contributed by atoms with Crippen LogP contribution >= 0.6 is 11.8 Å². The summed E-state index contributed by atoms with van der Waals surface area (Å²) < 4.78 is 24.9. The molecule has 0 amide bonds. The molecular formula is C17H23FN2O4S. The van der Waals surface area contributed by atoms with Gasteiger partial charge in [-0.1, -0.05) is 23.9 Å². The van der Waals surface area contributed by atoms with E-state index in [0.717, 1.165) is 5.17 Å². The summed E-state index contributed by atoms with van der Waals surface area (Å²) in [5.41, 5.74) is 0.338. The molecule has 2 aliphatic heterocycles. The lowest BCUT2D eigenvalue weighted by atomic mass is 9.95. The number of aliphatic hydroxyl groups excluding tert-OH is 2. The summed E-state index contributed by atoms with van der Waals surface area (Å²) in [6, 6.07) is 5.66. The first-order valence-corrected chi connectivity index (χ1v) is 9.04. The van der Waals surface area contributed by atoms with E-state index in [1.807, 2.05) is 19.0 Å². The van der Waals surface area contributed by atoms with E-state index in [9.17, 15) is 14.6 Å². The molecule has 0 unspecified atom stereocenters. The minimum atomic E-state index is -1.10. The van der Waals surface area contributed by atoms with E-state index in [2.05, 4.69) is 4.99 Å². The fourth-order valence-corrected chi connectivity index (χ4v) is 4.07. The largest absolute Gasteiger partial charge is 0.388 e. The number of thioether (sulfide) groups is 1. The van der Waals surface area contributed by atoms with Crippen LogP contribution in [0.3, 0.4) is 0 Å². The monoisotopic (exact) mass is 370 g/mol. The molecule has 0 radical (unpaired) electrons. The molecule has 138 valence electrons. The summed E-state index contributed by atoms with van der Waals surface area (Å²) >= 11 is 1.42. The van der Waals surface area contributed by atoms with Crippen molar-refractivity contribution in [2.45, 2.75) is 49.4 Å². The normalized spacial score (nSPS) is 32.9. The minimum absolute atomic E-state index is 0.197. The molecule has 0 aromatic heterocycles. The fourth-order valence-electron chi connectivity index (χ4n) is 2.93. The molecule has 2 heterocycles. The van der Waals surface area contributed by atoms with Crippen LogP contribution in [0.15, 0.2) is 29.3 Å². The average Bonchev–Trinajstić information content (AvgIpc) is 3.01. The highest BCUT2D eigenvalue weighted by atomic mass is 32.2. The van der Waals surface area contributed by atoms with Crippen molar-refractivity contribution >= 4 is 16.9 Å². The third-order valence-corrected chi connectivity index (χ3v) is 5.64. The van der Waals surface area contributed by atoms with Gasteiger partial charge in [-0.25, -0.2) is 4.39 Å². The highest BCUT2D eigenvalue weighted by molar-refractivity contribution is 8.14. The number of fused-ring (bicyclic) bond motifs is 1. The first-order valence-electron chi connectivity index (χ1n) is 8.16. The number of aliphatic imine (C=N–C) groups is 1. The molecule has 2 aliphatic rings. The van der Waals surface area contributed by atoms with Crippen LogP contribution in [0, 0.1) is 5.82 Å². The zero-order valence-corrected chi connectivity index (χ0v) is 15.2. The second kappa shape index (κ2) is 7.59. The van der Waals surface area contributed by atoms with Crippen LogP contribution in [0.5, 0.6) is 0 Å². The Hall–Kier alpha value is -1.19. The minimum Gasteiger partial charge on any atom is -0.388 e. The number of rotatable bonds is 4. The molecule has 0 bridgehead atoms. The van der Waals surface area contributed by atoms with Crippen LogP contribution in [0.25, 0.3) is 0 Å². The van der Waals surface area contributed by atoms with Gasteiger partial charge in [0.15, 0.2) is 5.17 Å². The number of halogens is 1. The van der Waals surface area contributed by atoms with Gasteiger partial charge in [-0.3, -0.25) is 4.99 Å². The molecule has 1 aromatic carbocycles. The summed E-state index contributed by atoms with van der Waals surface area (Å²) in [4.78, 5) is 6.28. The number of ether oxygens (including phenoxy) is 2. The molecule has 8 heteroatoms. The maximum Gasteiger partial charge on any atom is 0.161 e. The van der Waals surface area contributed by atoms with Crippen molar-refractivity contribution in [3.8, 4) is 0 Å². The van der Waals surface area contributed by atoms with Crippen molar-refractivity contribution in [1.29, 1.82) is 0 Å². The Morgan fingerprint density at radius 3 is 2.80 bits per heavy atom. The van der Waals surface area contributed by atoms with Gasteiger partial charge >= 0.3 is 0 Å².